The number of hydrogen-bond acceptors (Lipinski definition) is 3. The lowest BCUT2D eigenvalue weighted by atomic mass is 10.0. The third kappa shape index (κ3) is 4.57. The maximum absolute atomic E-state index is 11.6. The van der Waals surface area contributed by atoms with E-state index in [4.69, 9.17) is 5.73 Å². The van der Waals surface area contributed by atoms with Crippen LogP contribution < -0.4 is 5.73 Å². The fourth-order valence-corrected chi connectivity index (χ4v) is 3.27. The lowest BCUT2D eigenvalue weighted by Crippen LogP contribution is -2.41. The van der Waals surface area contributed by atoms with Crippen molar-refractivity contribution >= 4 is 32.1 Å². The second-order valence-corrected chi connectivity index (χ2v) is 6.03. The summed E-state index contributed by atoms with van der Waals surface area (Å²) in [7, 11) is 2.01. The molecule has 0 unspecified atom stereocenters. The van der Waals surface area contributed by atoms with Crippen molar-refractivity contribution in [1.82, 2.24) is 4.90 Å². The molecule has 4 heteroatoms. The molecule has 0 amide bonds. The number of hydrogen-bond donors (Lipinski definition) is 1. The Morgan fingerprint density at radius 3 is 2.33 bits per heavy atom. The number of likely N-dealkylation sites (N-methyl/N-ethyl adjacent to an activating group) is 1. The molecule has 100 valence electrons. The molecule has 1 atom stereocenters. The van der Waals surface area contributed by atoms with Crippen LogP contribution in [0, 0.1) is 5.92 Å². The number of anilines is 1. The van der Waals surface area contributed by atoms with E-state index < -0.39 is 0 Å². The van der Waals surface area contributed by atoms with Crippen molar-refractivity contribution in [1.29, 1.82) is 0 Å². The number of halogens is 1. The van der Waals surface area contributed by atoms with E-state index in [0.29, 0.717) is 5.92 Å². The van der Waals surface area contributed by atoms with E-state index in [1.54, 1.807) is 0 Å². The first-order valence-electron chi connectivity index (χ1n) is 6.16. The van der Waals surface area contributed by atoms with Crippen LogP contribution in [0.4, 0.5) is 5.69 Å². The minimum Gasteiger partial charge on any atom is -0.399 e. The fraction of sp³-hybridized carbons (Fsp3) is 0.500. The molecule has 0 fully saturated rings. The van der Waals surface area contributed by atoms with Crippen LogP contribution in [0.1, 0.15) is 19.4 Å². The lowest BCUT2D eigenvalue weighted by Gasteiger charge is -2.28. The summed E-state index contributed by atoms with van der Waals surface area (Å²) in [6, 6.07) is 7.91. The van der Waals surface area contributed by atoms with E-state index in [1.165, 1.54) is 5.56 Å². The van der Waals surface area contributed by atoms with Crippen LogP contribution in [0.2, 0.25) is 0 Å². The lowest BCUT2D eigenvalue weighted by molar-refractivity contribution is -0.114. The average molecular weight is 360 g/mol. The Morgan fingerprint density at radius 1 is 1.33 bits per heavy atom. The molecule has 1 aromatic rings. The molecule has 2 N–H and O–H groups in total. The zero-order chi connectivity index (χ0) is 13.7. The van der Waals surface area contributed by atoms with Gasteiger partial charge in [0.2, 0.25) is 3.79 Å². The summed E-state index contributed by atoms with van der Waals surface area (Å²) in [4.78, 5) is 13.7. The molecule has 1 aromatic carbocycles. The molecule has 18 heavy (non-hydrogen) atoms. The third-order valence-corrected chi connectivity index (χ3v) is 3.71. The summed E-state index contributed by atoms with van der Waals surface area (Å²) in [5, 5.41) is 0. The van der Waals surface area contributed by atoms with E-state index in [2.05, 4.69) is 18.7 Å². The molecular formula is C14H21IN2O. The van der Waals surface area contributed by atoms with Gasteiger partial charge in [-0.2, -0.15) is 0 Å². The van der Waals surface area contributed by atoms with Crippen molar-refractivity contribution in [2.75, 3.05) is 19.3 Å². The SMILES string of the molecule is CC(C)[C@@H](C(=O)I)N(C)CCc1ccc(N)cc1. The number of nitrogen functional groups attached to an aromatic ring is 1. The summed E-state index contributed by atoms with van der Waals surface area (Å²) in [6.07, 6.45) is 0.934. The number of nitrogens with two attached hydrogens (primary N) is 1. The summed E-state index contributed by atoms with van der Waals surface area (Å²) < 4.78 is 0.211. The molecule has 0 aromatic heterocycles. The highest BCUT2D eigenvalue weighted by Crippen LogP contribution is 2.15. The van der Waals surface area contributed by atoms with Gasteiger partial charge in [-0.1, -0.05) is 26.0 Å². The van der Waals surface area contributed by atoms with Gasteiger partial charge >= 0.3 is 0 Å². The molecule has 0 spiro atoms. The second-order valence-electron chi connectivity index (χ2n) is 4.97. The van der Waals surface area contributed by atoms with Gasteiger partial charge in [0.1, 0.15) is 0 Å². The molecule has 1 rings (SSSR count). The standard InChI is InChI=1S/C14H21IN2O/c1-10(2)13(14(15)18)17(3)9-8-11-4-6-12(16)7-5-11/h4-7,10,13H,8-9,16H2,1-3H3/t13-/m0/s1. The normalized spacial score (nSPS) is 13.0. The Bertz CT molecular complexity index is 389. The Hall–Kier alpha value is -0.620. The highest BCUT2D eigenvalue weighted by molar-refractivity contribution is 14.1. The van der Waals surface area contributed by atoms with Crippen LogP contribution in [0.25, 0.3) is 0 Å². The number of carbonyl (C=O) groups is 1. The van der Waals surface area contributed by atoms with Gasteiger partial charge in [0.25, 0.3) is 0 Å². The summed E-state index contributed by atoms with van der Waals surface area (Å²) in [6.45, 7) is 5.05. The van der Waals surface area contributed by atoms with E-state index >= 15 is 0 Å². The summed E-state index contributed by atoms with van der Waals surface area (Å²) >= 11 is 1.90. The van der Waals surface area contributed by atoms with Crippen LogP contribution >= 0.6 is 22.6 Å². The molecule has 0 saturated carbocycles. The molecule has 0 bridgehead atoms. The summed E-state index contributed by atoms with van der Waals surface area (Å²) in [5.74, 6) is 0.339. The van der Waals surface area contributed by atoms with Gasteiger partial charge in [-0.3, -0.25) is 9.69 Å². The van der Waals surface area contributed by atoms with Crippen molar-refractivity contribution in [3.8, 4) is 0 Å². The molecule has 0 aliphatic carbocycles. The number of carbonyl (C=O) groups excluding carboxylic acids is 1. The fourth-order valence-electron chi connectivity index (χ4n) is 2.07. The van der Waals surface area contributed by atoms with Gasteiger partial charge in [0, 0.05) is 34.8 Å². The zero-order valence-electron chi connectivity index (χ0n) is 11.2. The quantitative estimate of drug-likeness (QED) is 0.482. The van der Waals surface area contributed by atoms with Crippen LogP contribution in [-0.4, -0.2) is 28.3 Å². The number of benzene rings is 1. The Balaban J connectivity index is 2.56. The van der Waals surface area contributed by atoms with Crippen molar-refractivity contribution in [2.24, 2.45) is 5.92 Å². The smallest absolute Gasteiger partial charge is 0.209 e. The highest BCUT2D eigenvalue weighted by Gasteiger charge is 2.23. The topological polar surface area (TPSA) is 46.3 Å². The van der Waals surface area contributed by atoms with E-state index in [9.17, 15) is 4.79 Å². The summed E-state index contributed by atoms with van der Waals surface area (Å²) in [5.41, 5.74) is 7.69. The van der Waals surface area contributed by atoms with E-state index in [0.717, 1.165) is 18.7 Å². The number of rotatable bonds is 6. The van der Waals surface area contributed by atoms with Crippen molar-refractivity contribution < 1.29 is 4.79 Å². The first-order chi connectivity index (χ1) is 8.41. The molecular weight excluding hydrogens is 339 g/mol. The minimum absolute atomic E-state index is 0.000573. The molecule has 3 nitrogen and oxygen atoms in total. The van der Waals surface area contributed by atoms with Gasteiger partial charge < -0.3 is 5.73 Å². The van der Waals surface area contributed by atoms with Crippen LogP contribution in [0.3, 0.4) is 0 Å². The zero-order valence-corrected chi connectivity index (χ0v) is 13.3. The third-order valence-electron chi connectivity index (χ3n) is 3.07. The maximum atomic E-state index is 11.6. The van der Waals surface area contributed by atoms with Gasteiger partial charge in [0.15, 0.2) is 0 Å². The first-order valence-corrected chi connectivity index (χ1v) is 7.23. The van der Waals surface area contributed by atoms with E-state index in [1.807, 2.05) is 53.9 Å². The van der Waals surface area contributed by atoms with Crippen LogP contribution in [-0.2, 0) is 11.2 Å². The Morgan fingerprint density at radius 2 is 1.89 bits per heavy atom. The Labute approximate surface area is 123 Å². The minimum atomic E-state index is -0.000573. The van der Waals surface area contributed by atoms with Gasteiger partial charge in [-0.15, -0.1) is 0 Å². The van der Waals surface area contributed by atoms with Gasteiger partial charge in [-0.25, -0.2) is 0 Å². The molecule has 0 saturated heterocycles. The highest BCUT2D eigenvalue weighted by atomic mass is 127. The van der Waals surface area contributed by atoms with Crippen molar-refractivity contribution in [3.63, 3.8) is 0 Å². The predicted octanol–water partition coefficient (Wildman–Crippen LogP) is 2.73. The average Bonchev–Trinajstić information content (AvgIpc) is 2.27. The van der Waals surface area contributed by atoms with Gasteiger partial charge in [-0.05, 0) is 37.1 Å². The first kappa shape index (κ1) is 15.4. The maximum Gasteiger partial charge on any atom is 0.209 e. The van der Waals surface area contributed by atoms with Crippen LogP contribution in [0.15, 0.2) is 24.3 Å². The molecule has 0 radical (unpaired) electrons. The molecule has 0 aliphatic rings. The molecule has 0 heterocycles. The monoisotopic (exact) mass is 360 g/mol. The van der Waals surface area contributed by atoms with Crippen molar-refractivity contribution in [3.05, 3.63) is 29.8 Å². The van der Waals surface area contributed by atoms with E-state index in [-0.39, 0.29) is 9.83 Å². The number of nitrogens with zero attached hydrogens (tertiary/aromatic N) is 1. The largest absolute Gasteiger partial charge is 0.399 e. The van der Waals surface area contributed by atoms with Crippen molar-refractivity contribution in [2.45, 2.75) is 26.3 Å². The van der Waals surface area contributed by atoms with Gasteiger partial charge in [0.05, 0.1) is 6.04 Å². The Kier molecular flexibility index (Phi) is 6.08. The van der Waals surface area contributed by atoms with Crippen LogP contribution in [0.5, 0.6) is 0 Å². The second kappa shape index (κ2) is 7.09. The predicted molar refractivity (Wildman–Crippen MR) is 84.8 cm³/mol. The molecule has 0 aliphatic heterocycles.